The minimum atomic E-state index is -2.83. The number of amides is 1. The van der Waals surface area contributed by atoms with Crippen LogP contribution in [-0.2, 0) is 10.7 Å². The van der Waals surface area contributed by atoms with Crippen molar-refractivity contribution in [3.05, 3.63) is 29.8 Å². The number of nitrogens with zero attached hydrogens (tertiary/aromatic N) is 2. The highest BCUT2D eigenvalue weighted by Crippen LogP contribution is 2.31. The number of hydrogen-bond donors (Lipinski definition) is 0. The van der Waals surface area contributed by atoms with Gasteiger partial charge >= 0.3 is 0 Å². The molecule has 0 N–H and O–H groups in total. The van der Waals surface area contributed by atoms with Gasteiger partial charge in [-0.1, -0.05) is 19.1 Å². The van der Waals surface area contributed by atoms with Gasteiger partial charge in [-0.3, -0.25) is 7.91 Å². The molecule has 3 nitrogen and oxygen atoms in total. The predicted molar refractivity (Wildman–Crippen MR) is 92.4 cm³/mol. The van der Waals surface area contributed by atoms with Gasteiger partial charge in [-0.05, 0) is 25.0 Å². The van der Waals surface area contributed by atoms with Gasteiger partial charge < -0.3 is 4.90 Å². The van der Waals surface area contributed by atoms with E-state index in [0.717, 1.165) is 32.0 Å². The smallest absolute Gasteiger partial charge is 0.270 e. The van der Waals surface area contributed by atoms with Crippen molar-refractivity contribution < 1.29 is 13.6 Å². The molecule has 1 unspecified atom stereocenters. The lowest BCUT2D eigenvalue weighted by Crippen LogP contribution is -2.46. The third kappa shape index (κ3) is 4.08. The number of halogens is 3. The Morgan fingerprint density at radius 2 is 2.23 bits per heavy atom. The molecule has 0 bridgehead atoms. The molecular weight excluding hydrogens is 401 g/mol. The SMILES string of the molecule is CCC(=O)N(I)C1CCCN(c2cccc(C(C)(F)F)c2)C1. The number of hydrogen-bond acceptors (Lipinski definition) is 2. The van der Waals surface area contributed by atoms with Crippen molar-refractivity contribution in [3.8, 4) is 0 Å². The van der Waals surface area contributed by atoms with Gasteiger partial charge in [0.25, 0.3) is 5.92 Å². The average Bonchev–Trinajstić information content (AvgIpc) is 2.53. The summed E-state index contributed by atoms with van der Waals surface area (Å²) < 4.78 is 28.7. The second-order valence-electron chi connectivity index (χ2n) is 5.74. The van der Waals surface area contributed by atoms with Crippen LogP contribution in [0.25, 0.3) is 0 Å². The van der Waals surface area contributed by atoms with Crippen molar-refractivity contribution in [2.75, 3.05) is 18.0 Å². The number of alkyl halides is 2. The van der Waals surface area contributed by atoms with Crippen LogP contribution in [0.15, 0.2) is 24.3 Å². The van der Waals surface area contributed by atoms with E-state index < -0.39 is 5.92 Å². The van der Waals surface area contributed by atoms with Gasteiger partial charge in [-0.15, -0.1) is 0 Å². The van der Waals surface area contributed by atoms with E-state index in [-0.39, 0.29) is 17.5 Å². The Bertz CT molecular complexity index is 533. The van der Waals surface area contributed by atoms with E-state index in [1.807, 2.05) is 13.0 Å². The molecule has 1 atom stereocenters. The molecule has 0 aromatic heterocycles. The highest BCUT2D eigenvalue weighted by molar-refractivity contribution is 14.1. The molecule has 2 rings (SSSR count). The first-order valence-corrected chi connectivity index (χ1v) is 8.50. The van der Waals surface area contributed by atoms with Gasteiger partial charge in [-0.2, -0.15) is 0 Å². The van der Waals surface area contributed by atoms with Crippen molar-refractivity contribution in [1.29, 1.82) is 0 Å². The van der Waals surface area contributed by atoms with E-state index in [0.29, 0.717) is 13.0 Å². The fourth-order valence-corrected chi connectivity index (χ4v) is 3.50. The van der Waals surface area contributed by atoms with Crippen LogP contribution >= 0.6 is 22.9 Å². The lowest BCUT2D eigenvalue weighted by molar-refractivity contribution is -0.126. The summed E-state index contributed by atoms with van der Waals surface area (Å²) in [5.74, 6) is -2.72. The van der Waals surface area contributed by atoms with Crippen molar-refractivity contribution in [3.63, 3.8) is 0 Å². The first-order valence-electron chi connectivity index (χ1n) is 7.54. The molecule has 0 aliphatic carbocycles. The molecule has 1 aromatic carbocycles. The van der Waals surface area contributed by atoms with Gasteiger partial charge in [0.2, 0.25) is 5.91 Å². The second-order valence-corrected chi connectivity index (χ2v) is 6.78. The Morgan fingerprint density at radius 3 is 2.86 bits per heavy atom. The number of rotatable bonds is 4. The van der Waals surface area contributed by atoms with E-state index in [9.17, 15) is 13.6 Å². The lowest BCUT2D eigenvalue weighted by Gasteiger charge is -2.38. The molecule has 6 heteroatoms. The zero-order valence-corrected chi connectivity index (χ0v) is 15.0. The third-order valence-corrected chi connectivity index (χ3v) is 5.30. The zero-order valence-electron chi connectivity index (χ0n) is 12.9. The summed E-state index contributed by atoms with van der Waals surface area (Å²) in [6, 6.07) is 6.67. The minimum Gasteiger partial charge on any atom is -0.369 e. The Hall–Kier alpha value is -0.920. The minimum absolute atomic E-state index is 0.0306. The molecule has 1 saturated heterocycles. The quantitative estimate of drug-likeness (QED) is 0.532. The van der Waals surface area contributed by atoms with Crippen molar-refractivity contribution in [1.82, 2.24) is 3.11 Å². The number of carbonyl (C=O) groups is 1. The first kappa shape index (κ1) is 17.4. The van der Waals surface area contributed by atoms with Crippen LogP contribution in [0.1, 0.15) is 38.7 Å². The molecule has 1 heterocycles. The Labute approximate surface area is 144 Å². The number of benzene rings is 1. The number of piperidine rings is 1. The highest BCUT2D eigenvalue weighted by Gasteiger charge is 2.28. The van der Waals surface area contributed by atoms with Crippen LogP contribution in [0.4, 0.5) is 14.5 Å². The van der Waals surface area contributed by atoms with E-state index in [1.165, 1.54) is 6.07 Å². The van der Waals surface area contributed by atoms with Crippen LogP contribution in [0.5, 0.6) is 0 Å². The van der Waals surface area contributed by atoms with Gasteiger partial charge in [0.1, 0.15) is 0 Å². The molecule has 1 aliphatic rings. The number of anilines is 1. The summed E-state index contributed by atoms with van der Waals surface area (Å²) in [5, 5.41) is 0. The molecule has 1 fully saturated rings. The van der Waals surface area contributed by atoms with E-state index in [2.05, 4.69) is 27.8 Å². The van der Waals surface area contributed by atoms with Crippen LogP contribution in [-0.4, -0.2) is 28.2 Å². The molecule has 0 spiro atoms. The van der Waals surface area contributed by atoms with Crippen LogP contribution < -0.4 is 4.90 Å². The molecule has 1 amide bonds. The van der Waals surface area contributed by atoms with Gasteiger partial charge in [-0.25, -0.2) is 8.78 Å². The lowest BCUT2D eigenvalue weighted by atomic mass is 10.0. The zero-order chi connectivity index (χ0) is 16.3. The number of carbonyl (C=O) groups excluding carboxylic acids is 1. The topological polar surface area (TPSA) is 23.6 Å². The van der Waals surface area contributed by atoms with E-state index >= 15 is 0 Å². The third-order valence-electron chi connectivity index (χ3n) is 3.98. The van der Waals surface area contributed by atoms with Crippen LogP contribution in [0.3, 0.4) is 0 Å². The van der Waals surface area contributed by atoms with E-state index in [1.54, 1.807) is 15.2 Å². The van der Waals surface area contributed by atoms with E-state index in [4.69, 9.17) is 0 Å². The Balaban J connectivity index is 2.14. The maximum absolute atomic E-state index is 13.5. The maximum Gasteiger partial charge on any atom is 0.270 e. The molecule has 0 radical (unpaired) electrons. The van der Waals surface area contributed by atoms with Gasteiger partial charge in [0, 0.05) is 37.7 Å². The molecular formula is C16H21F2IN2O. The molecule has 0 saturated carbocycles. The summed E-state index contributed by atoms with van der Waals surface area (Å²) in [4.78, 5) is 13.9. The van der Waals surface area contributed by atoms with Crippen LogP contribution in [0.2, 0.25) is 0 Å². The second kappa shape index (κ2) is 7.10. The molecule has 122 valence electrons. The Morgan fingerprint density at radius 1 is 1.50 bits per heavy atom. The van der Waals surface area contributed by atoms with Crippen LogP contribution in [0, 0.1) is 0 Å². The summed E-state index contributed by atoms with van der Waals surface area (Å²) in [6.45, 7) is 4.28. The fraction of sp³-hybridized carbons (Fsp3) is 0.562. The van der Waals surface area contributed by atoms with Gasteiger partial charge in [0.05, 0.1) is 28.9 Å². The summed E-state index contributed by atoms with van der Waals surface area (Å²) in [7, 11) is 0. The van der Waals surface area contributed by atoms with Crippen molar-refractivity contribution in [2.45, 2.75) is 45.1 Å². The van der Waals surface area contributed by atoms with Crippen molar-refractivity contribution in [2.24, 2.45) is 0 Å². The summed E-state index contributed by atoms with van der Waals surface area (Å²) >= 11 is 2.07. The monoisotopic (exact) mass is 422 g/mol. The molecule has 22 heavy (non-hydrogen) atoms. The average molecular weight is 422 g/mol. The fourth-order valence-electron chi connectivity index (χ4n) is 2.70. The first-order chi connectivity index (χ1) is 10.3. The predicted octanol–water partition coefficient (Wildman–Crippen LogP) is 4.36. The maximum atomic E-state index is 13.5. The largest absolute Gasteiger partial charge is 0.369 e. The molecule has 1 aromatic rings. The molecule has 1 aliphatic heterocycles. The Kier molecular flexibility index (Phi) is 5.63. The van der Waals surface area contributed by atoms with Crippen molar-refractivity contribution >= 4 is 34.5 Å². The standard InChI is InChI=1S/C16H21F2IN2O/c1-3-15(22)21(19)14-8-5-9-20(11-14)13-7-4-6-12(10-13)16(2,17)18/h4,6-7,10,14H,3,5,8-9,11H2,1-2H3. The van der Waals surface area contributed by atoms with Gasteiger partial charge in [0.15, 0.2) is 0 Å². The summed E-state index contributed by atoms with van der Waals surface area (Å²) in [5.41, 5.74) is 0.834. The highest BCUT2D eigenvalue weighted by atomic mass is 127. The normalized spacial score (nSPS) is 19.1. The summed E-state index contributed by atoms with van der Waals surface area (Å²) in [6.07, 6.45) is 2.39.